The summed E-state index contributed by atoms with van der Waals surface area (Å²) in [6.07, 6.45) is 0.638. The van der Waals surface area contributed by atoms with Crippen molar-refractivity contribution in [2.24, 2.45) is 0 Å². The molecule has 1 saturated heterocycles. The number of aliphatic hydroxyl groups excluding tert-OH is 1. The van der Waals surface area contributed by atoms with Crippen molar-refractivity contribution in [3.63, 3.8) is 0 Å². The van der Waals surface area contributed by atoms with Crippen LogP contribution >= 0.6 is 0 Å². The minimum Gasteiger partial charge on any atom is -0.371 e. The number of piperidine rings is 1. The van der Waals surface area contributed by atoms with Gasteiger partial charge in [-0.15, -0.1) is 0 Å². The SMILES string of the molecule is O=C1CCC(n2ncc3cccc(F)c3c2=O)C(O)N1. The zero-order valence-corrected chi connectivity index (χ0v) is 10.4. The number of fused-ring (bicyclic) bond motifs is 1. The van der Waals surface area contributed by atoms with Crippen LogP contribution in [0.4, 0.5) is 4.39 Å². The van der Waals surface area contributed by atoms with Crippen LogP contribution < -0.4 is 10.9 Å². The number of hydrogen-bond acceptors (Lipinski definition) is 4. The van der Waals surface area contributed by atoms with Gasteiger partial charge < -0.3 is 10.4 Å². The molecule has 0 bridgehead atoms. The molecule has 1 aliphatic rings. The highest BCUT2D eigenvalue weighted by Gasteiger charge is 2.30. The average molecular weight is 277 g/mol. The second-order valence-electron chi connectivity index (χ2n) is 4.72. The molecular weight excluding hydrogens is 265 g/mol. The number of aliphatic hydroxyl groups is 1. The molecule has 3 rings (SSSR count). The summed E-state index contributed by atoms with van der Waals surface area (Å²) in [4.78, 5) is 23.5. The second-order valence-corrected chi connectivity index (χ2v) is 4.72. The number of halogens is 1. The number of benzene rings is 1. The highest BCUT2D eigenvalue weighted by Crippen LogP contribution is 2.20. The van der Waals surface area contributed by atoms with Crippen molar-refractivity contribution in [2.75, 3.05) is 0 Å². The lowest BCUT2D eigenvalue weighted by Crippen LogP contribution is -2.48. The molecule has 0 saturated carbocycles. The Hall–Kier alpha value is -2.28. The highest BCUT2D eigenvalue weighted by molar-refractivity contribution is 5.81. The van der Waals surface area contributed by atoms with Crippen LogP contribution in [0, 0.1) is 5.82 Å². The van der Waals surface area contributed by atoms with Crippen LogP contribution in [0.15, 0.2) is 29.2 Å². The lowest BCUT2D eigenvalue weighted by molar-refractivity contribution is -0.128. The first kappa shape index (κ1) is 12.7. The Kier molecular flexibility index (Phi) is 2.98. The van der Waals surface area contributed by atoms with Crippen molar-refractivity contribution in [1.29, 1.82) is 0 Å². The molecule has 2 heterocycles. The molecule has 1 aliphatic heterocycles. The Bertz CT molecular complexity index is 743. The summed E-state index contributed by atoms with van der Waals surface area (Å²) in [7, 11) is 0. The van der Waals surface area contributed by atoms with E-state index >= 15 is 0 Å². The van der Waals surface area contributed by atoms with E-state index in [2.05, 4.69) is 10.4 Å². The van der Waals surface area contributed by atoms with Gasteiger partial charge in [0.2, 0.25) is 5.91 Å². The Morgan fingerprint density at radius 3 is 2.95 bits per heavy atom. The summed E-state index contributed by atoms with van der Waals surface area (Å²) in [5, 5.41) is 16.5. The predicted molar refractivity (Wildman–Crippen MR) is 68.4 cm³/mol. The fourth-order valence-electron chi connectivity index (χ4n) is 2.43. The number of hydrogen-bond donors (Lipinski definition) is 2. The largest absolute Gasteiger partial charge is 0.371 e. The number of carbonyl (C=O) groups is 1. The topological polar surface area (TPSA) is 84.2 Å². The van der Waals surface area contributed by atoms with Crippen molar-refractivity contribution in [3.8, 4) is 0 Å². The predicted octanol–water partition coefficient (Wildman–Crippen LogP) is 0.305. The molecule has 2 N–H and O–H groups in total. The number of nitrogens with one attached hydrogen (secondary N) is 1. The lowest BCUT2D eigenvalue weighted by atomic mass is 10.1. The molecule has 0 aliphatic carbocycles. The van der Waals surface area contributed by atoms with Crippen molar-refractivity contribution in [3.05, 3.63) is 40.6 Å². The lowest BCUT2D eigenvalue weighted by Gasteiger charge is -2.28. The minimum atomic E-state index is -1.20. The van der Waals surface area contributed by atoms with Gasteiger partial charge in [-0.2, -0.15) is 5.10 Å². The van der Waals surface area contributed by atoms with Crippen molar-refractivity contribution in [1.82, 2.24) is 15.1 Å². The zero-order chi connectivity index (χ0) is 14.3. The molecule has 0 spiro atoms. The molecule has 1 aromatic heterocycles. The smallest absolute Gasteiger partial charge is 0.278 e. The molecule has 1 fully saturated rings. The van der Waals surface area contributed by atoms with Crippen LogP contribution in [0.3, 0.4) is 0 Å². The number of aromatic nitrogens is 2. The first-order valence-corrected chi connectivity index (χ1v) is 6.21. The standard InChI is InChI=1S/C13H12FN3O3/c14-8-3-1-2-7-6-15-17(13(20)11(7)8)9-4-5-10(18)16-12(9)19/h1-3,6,9,12,19H,4-5H2,(H,16,18). The Morgan fingerprint density at radius 2 is 2.20 bits per heavy atom. The summed E-state index contributed by atoms with van der Waals surface area (Å²) < 4.78 is 14.8. The molecule has 20 heavy (non-hydrogen) atoms. The first-order chi connectivity index (χ1) is 9.58. The second kappa shape index (κ2) is 4.68. The van der Waals surface area contributed by atoms with Crippen LogP contribution in [0.2, 0.25) is 0 Å². The summed E-state index contributed by atoms with van der Waals surface area (Å²) in [5.74, 6) is -0.910. The number of carbonyl (C=O) groups excluding carboxylic acids is 1. The average Bonchev–Trinajstić information content (AvgIpc) is 2.40. The van der Waals surface area contributed by atoms with E-state index in [1.54, 1.807) is 6.07 Å². The fraction of sp³-hybridized carbons (Fsp3) is 0.308. The third-order valence-electron chi connectivity index (χ3n) is 3.44. The molecule has 7 heteroatoms. The Balaban J connectivity index is 2.13. The van der Waals surface area contributed by atoms with Crippen LogP contribution in [0.1, 0.15) is 18.9 Å². The molecule has 104 valence electrons. The van der Waals surface area contributed by atoms with Gasteiger partial charge in [0.25, 0.3) is 5.56 Å². The molecule has 1 aromatic carbocycles. The van der Waals surface area contributed by atoms with Gasteiger partial charge in [-0.1, -0.05) is 12.1 Å². The minimum absolute atomic E-state index is 0.0633. The van der Waals surface area contributed by atoms with E-state index in [1.165, 1.54) is 18.3 Å². The third-order valence-corrected chi connectivity index (χ3v) is 3.44. The Labute approximate surface area is 112 Å². The normalized spacial score (nSPS) is 22.8. The highest BCUT2D eigenvalue weighted by atomic mass is 19.1. The van der Waals surface area contributed by atoms with Crippen molar-refractivity contribution < 1.29 is 14.3 Å². The molecule has 2 aromatic rings. The molecule has 6 nitrogen and oxygen atoms in total. The van der Waals surface area contributed by atoms with Crippen molar-refractivity contribution >= 4 is 16.7 Å². The van der Waals surface area contributed by atoms with E-state index in [-0.39, 0.29) is 24.1 Å². The maximum absolute atomic E-state index is 13.8. The molecule has 2 unspecified atom stereocenters. The Morgan fingerprint density at radius 1 is 1.40 bits per heavy atom. The van der Waals surface area contributed by atoms with Crippen LogP contribution in [-0.2, 0) is 4.79 Å². The van der Waals surface area contributed by atoms with Crippen LogP contribution in [0.25, 0.3) is 10.8 Å². The quantitative estimate of drug-likeness (QED) is 0.785. The van der Waals surface area contributed by atoms with E-state index in [0.717, 1.165) is 4.68 Å². The zero-order valence-electron chi connectivity index (χ0n) is 10.4. The first-order valence-electron chi connectivity index (χ1n) is 6.21. The van der Waals surface area contributed by atoms with E-state index in [1.807, 2.05) is 0 Å². The van der Waals surface area contributed by atoms with Gasteiger partial charge in [0.15, 0.2) is 0 Å². The monoisotopic (exact) mass is 277 g/mol. The van der Waals surface area contributed by atoms with E-state index in [9.17, 15) is 19.1 Å². The summed E-state index contributed by atoms with van der Waals surface area (Å²) in [6, 6.07) is 3.60. The molecule has 1 amide bonds. The van der Waals surface area contributed by atoms with Crippen LogP contribution in [0.5, 0.6) is 0 Å². The molecule has 2 atom stereocenters. The summed E-state index contributed by atoms with van der Waals surface area (Å²) >= 11 is 0. The number of nitrogens with zero attached hydrogens (tertiary/aromatic N) is 2. The maximum atomic E-state index is 13.8. The van der Waals surface area contributed by atoms with Gasteiger partial charge >= 0.3 is 0 Å². The number of rotatable bonds is 1. The van der Waals surface area contributed by atoms with Gasteiger partial charge in [-0.25, -0.2) is 9.07 Å². The van der Waals surface area contributed by atoms with Gasteiger partial charge in [-0.05, 0) is 12.5 Å². The molecular formula is C13H12FN3O3. The van der Waals surface area contributed by atoms with Gasteiger partial charge in [0.1, 0.15) is 18.1 Å². The fourth-order valence-corrected chi connectivity index (χ4v) is 2.43. The van der Waals surface area contributed by atoms with E-state index < -0.39 is 23.6 Å². The van der Waals surface area contributed by atoms with Gasteiger partial charge in [-0.3, -0.25) is 9.59 Å². The maximum Gasteiger partial charge on any atom is 0.278 e. The van der Waals surface area contributed by atoms with E-state index in [4.69, 9.17) is 0 Å². The van der Waals surface area contributed by atoms with Gasteiger partial charge in [0.05, 0.1) is 11.6 Å². The summed E-state index contributed by atoms with van der Waals surface area (Å²) in [5.41, 5.74) is -0.610. The summed E-state index contributed by atoms with van der Waals surface area (Å²) in [6.45, 7) is 0. The molecule has 0 radical (unpaired) electrons. The van der Waals surface area contributed by atoms with Crippen molar-refractivity contribution in [2.45, 2.75) is 25.1 Å². The number of amides is 1. The van der Waals surface area contributed by atoms with E-state index in [0.29, 0.717) is 5.39 Å². The third kappa shape index (κ3) is 1.96. The van der Waals surface area contributed by atoms with Gasteiger partial charge in [0, 0.05) is 11.8 Å². The van der Waals surface area contributed by atoms with Crippen LogP contribution in [-0.4, -0.2) is 27.0 Å².